The molecule has 0 aliphatic carbocycles. The summed E-state index contributed by atoms with van der Waals surface area (Å²) in [6, 6.07) is 1.33. The normalized spacial score (nSPS) is 27.8. The molecule has 1 aromatic heterocycles. The number of methoxy groups -OCH3 is 1. The van der Waals surface area contributed by atoms with Crippen molar-refractivity contribution < 1.29 is 38.5 Å². The van der Waals surface area contributed by atoms with Gasteiger partial charge in [0.1, 0.15) is 6.10 Å². The van der Waals surface area contributed by atoms with Gasteiger partial charge in [-0.05, 0) is 0 Å². The fourth-order valence-electron chi connectivity index (χ4n) is 2.40. The van der Waals surface area contributed by atoms with Crippen molar-refractivity contribution in [2.24, 2.45) is 0 Å². The molecular formula is C12H13N3O9. The molecule has 2 fully saturated rings. The number of hydrogen-bond donors (Lipinski definition) is 2. The van der Waals surface area contributed by atoms with E-state index in [1.807, 2.05) is 0 Å². The lowest BCUT2D eigenvalue weighted by Gasteiger charge is -2.17. The van der Waals surface area contributed by atoms with Gasteiger partial charge in [-0.1, -0.05) is 0 Å². The molecule has 0 amide bonds. The van der Waals surface area contributed by atoms with Gasteiger partial charge in [-0.2, -0.15) is 10.5 Å². The van der Waals surface area contributed by atoms with Crippen molar-refractivity contribution >= 4 is 18.1 Å². The highest BCUT2D eigenvalue weighted by atomic mass is 16.8. The molecule has 3 heterocycles. The lowest BCUT2D eigenvalue weighted by Crippen LogP contribution is -2.34. The first-order chi connectivity index (χ1) is 11.5. The minimum atomic E-state index is -1.01. The van der Waals surface area contributed by atoms with Crippen LogP contribution in [0.2, 0.25) is 0 Å². The minimum absolute atomic E-state index is 0.0467. The minimum Gasteiger partial charge on any atom is -0.436 e. The van der Waals surface area contributed by atoms with Crippen LogP contribution in [-0.4, -0.2) is 59.0 Å². The number of aromatic nitrogens is 2. The first-order valence-electron chi connectivity index (χ1n) is 6.77. The number of nitrogens with one attached hydrogen (secondary N) is 1. The molecule has 0 saturated carbocycles. The van der Waals surface area contributed by atoms with Crippen LogP contribution in [0.4, 0.5) is 15.4 Å². The van der Waals surface area contributed by atoms with Crippen LogP contribution in [0.15, 0.2) is 17.1 Å². The summed E-state index contributed by atoms with van der Waals surface area (Å²) in [4.78, 5) is 42.3. The zero-order chi connectivity index (χ0) is 17.3. The molecule has 0 spiro atoms. The van der Waals surface area contributed by atoms with Crippen molar-refractivity contribution in [3.8, 4) is 0 Å². The lowest BCUT2D eigenvalue weighted by molar-refractivity contribution is -0.0735. The van der Waals surface area contributed by atoms with Crippen LogP contribution in [0.5, 0.6) is 0 Å². The fraction of sp³-hybridized carbons (Fsp3) is 0.500. The number of hydrogen-bond acceptors (Lipinski definition) is 11. The average molecular weight is 343 g/mol. The van der Waals surface area contributed by atoms with Gasteiger partial charge in [0, 0.05) is 12.3 Å². The number of ether oxygens (including phenoxy) is 4. The third kappa shape index (κ3) is 2.83. The summed E-state index contributed by atoms with van der Waals surface area (Å²) >= 11 is 0. The van der Waals surface area contributed by atoms with Gasteiger partial charge >= 0.3 is 18.0 Å². The van der Waals surface area contributed by atoms with Gasteiger partial charge in [0.25, 0.3) is 0 Å². The highest BCUT2D eigenvalue weighted by molar-refractivity contribution is 5.63. The van der Waals surface area contributed by atoms with Gasteiger partial charge in [0.05, 0.1) is 13.7 Å². The molecule has 130 valence electrons. The molecule has 0 unspecified atom stereocenters. The Morgan fingerprint density at radius 2 is 2.17 bits per heavy atom. The van der Waals surface area contributed by atoms with E-state index < -0.39 is 49.1 Å². The molecular weight excluding hydrogens is 330 g/mol. The Bertz CT molecular complexity index is 705. The number of carbonyl (C=O) groups is 2. The van der Waals surface area contributed by atoms with Crippen LogP contribution in [-0.2, 0) is 23.8 Å². The highest BCUT2D eigenvalue weighted by Crippen LogP contribution is 2.36. The van der Waals surface area contributed by atoms with Crippen molar-refractivity contribution in [3.05, 3.63) is 22.7 Å². The third-order valence-corrected chi connectivity index (χ3v) is 3.44. The molecule has 1 aromatic rings. The second-order valence-electron chi connectivity index (χ2n) is 4.82. The van der Waals surface area contributed by atoms with Gasteiger partial charge in [0.2, 0.25) is 0 Å². The average Bonchev–Trinajstić information content (AvgIpc) is 3.10. The molecule has 2 N–H and O–H groups in total. The van der Waals surface area contributed by atoms with E-state index in [9.17, 15) is 19.5 Å². The van der Waals surface area contributed by atoms with E-state index in [2.05, 4.69) is 20.0 Å². The highest BCUT2D eigenvalue weighted by Gasteiger charge is 2.55. The summed E-state index contributed by atoms with van der Waals surface area (Å²) in [5, 5.41) is 9.28. The lowest BCUT2D eigenvalue weighted by atomic mass is 10.1. The Balaban J connectivity index is 1.78. The molecule has 12 nitrogen and oxygen atoms in total. The Morgan fingerprint density at radius 3 is 2.83 bits per heavy atom. The van der Waals surface area contributed by atoms with Crippen molar-refractivity contribution in [3.63, 3.8) is 0 Å². The fourth-order valence-corrected chi connectivity index (χ4v) is 2.40. The molecule has 0 bridgehead atoms. The second kappa shape index (κ2) is 6.33. The monoisotopic (exact) mass is 343 g/mol. The van der Waals surface area contributed by atoms with E-state index in [1.165, 1.54) is 12.3 Å². The number of aliphatic hydroxyl groups is 1. The van der Waals surface area contributed by atoms with Crippen LogP contribution >= 0.6 is 0 Å². The molecule has 0 aromatic carbocycles. The first-order valence-corrected chi connectivity index (χ1v) is 6.77. The quantitative estimate of drug-likeness (QED) is 0.520. The SMILES string of the molecule is COC(=O)ONc1ccn([C@@H]2O[C@H](CO)[C@H]3OC(=O)O[C@H]32)c(=O)n1. The summed E-state index contributed by atoms with van der Waals surface area (Å²) in [6.45, 7) is -0.414. The van der Waals surface area contributed by atoms with Crippen LogP contribution in [0.3, 0.4) is 0 Å². The number of carbonyl (C=O) groups excluding carboxylic acids is 2. The summed E-state index contributed by atoms with van der Waals surface area (Å²) < 4.78 is 20.7. The topological polar surface area (TPSA) is 147 Å². The number of rotatable bonds is 4. The van der Waals surface area contributed by atoms with Crippen LogP contribution in [0, 0.1) is 0 Å². The standard InChI is InChI=1S/C12H13N3O9/c1-20-11(18)24-14-6-2-3-15(10(17)13-6)9-8-7(5(4-16)21-9)22-12(19)23-8/h2-3,5,7-9,16H,4H2,1H3,(H,13,14,17)/t5-,7-,8-,9-/m1/s1. The molecule has 2 aliphatic heterocycles. The van der Waals surface area contributed by atoms with Gasteiger partial charge < -0.3 is 28.9 Å². The summed E-state index contributed by atoms with van der Waals surface area (Å²) in [5.74, 6) is -0.0467. The van der Waals surface area contributed by atoms with Crippen LogP contribution < -0.4 is 11.2 Å². The predicted molar refractivity (Wildman–Crippen MR) is 71.7 cm³/mol. The number of nitrogens with zero attached hydrogens (tertiary/aromatic N) is 2. The van der Waals surface area contributed by atoms with Gasteiger partial charge in [-0.3, -0.25) is 4.57 Å². The van der Waals surface area contributed by atoms with Crippen molar-refractivity contribution in [2.75, 3.05) is 19.2 Å². The zero-order valence-electron chi connectivity index (χ0n) is 12.3. The second-order valence-corrected chi connectivity index (χ2v) is 4.82. The molecule has 4 atom stereocenters. The van der Waals surface area contributed by atoms with E-state index in [0.29, 0.717) is 0 Å². The van der Waals surface area contributed by atoms with E-state index in [0.717, 1.165) is 11.7 Å². The van der Waals surface area contributed by atoms with Crippen molar-refractivity contribution in [1.82, 2.24) is 9.55 Å². The molecule has 3 rings (SSSR count). The summed E-state index contributed by atoms with van der Waals surface area (Å²) in [6.07, 6.45) is -4.15. The summed E-state index contributed by atoms with van der Waals surface area (Å²) in [5.41, 5.74) is 1.37. The predicted octanol–water partition coefficient (Wildman–Crippen LogP) is -0.853. The first kappa shape index (κ1) is 16.0. The van der Waals surface area contributed by atoms with E-state index in [1.54, 1.807) is 0 Å². The zero-order valence-corrected chi connectivity index (χ0v) is 12.3. The molecule has 2 aliphatic rings. The molecule has 24 heavy (non-hydrogen) atoms. The number of anilines is 1. The maximum atomic E-state index is 12.1. The Labute approximate surface area is 133 Å². The van der Waals surface area contributed by atoms with Crippen LogP contribution in [0.25, 0.3) is 0 Å². The van der Waals surface area contributed by atoms with Gasteiger partial charge in [-0.15, -0.1) is 0 Å². The Hall–Kier alpha value is -2.86. The van der Waals surface area contributed by atoms with E-state index >= 15 is 0 Å². The maximum absolute atomic E-state index is 12.1. The van der Waals surface area contributed by atoms with Gasteiger partial charge in [0.15, 0.2) is 24.3 Å². The maximum Gasteiger partial charge on any atom is 0.532 e. The molecule has 2 saturated heterocycles. The summed E-state index contributed by atoms with van der Waals surface area (Å²) in [7, 11) is 1.12. The van der Waals surface area contributed by atoms with Crippen LogP contribution in [0.1, 0.15) is 6.23 Å². The molecule has 12 heteroatoms. The largest absolute Gasteiger partial charge is 0.532 e. The Kier molecular flexibility index (Phi) is 4.22. The molecule has 0 radical (unpaired) electrons. The van der Waals surface area contributed by atoms with E-state index in [-0.39, 0.29) is 5.82 Å². The smallest absolute Gasteiger partial charge is 0.436 e. The Morgan fingerprint density at radius 1 is 1.42 bits per heavy atom. The number of fused-ring (bicyclic) bond motifs is 1. The third-order valence-electron chi connectivity index (χ3n) is 3.44. The van der Waals surface area contributed by atoms with Gasteiger partial charge in [-0.25, -0.2) is 14.4 Å². The van der Waals surface area contributed by atoms with Crippen molar-refractivity contribution in [1.29, 1.82) is 0 Å². The number of aliphatic hydroxyl groups excluding tert-OH is 1. The van der Waals surface area contributed by atoms with E-state index in [4.69, 9.17) is 14.2 Å². The van der Waals surface area contributed by atoms with Crippen molar-refractivity contribution in [2.45, 2.75) is 24.5 Å².